The lowest BCUT2D eigenvalue weighted by atomic mass is 10.3. The molecule has 0 unspecified atom stereocenters. The molecule has 2 aromatic rings. The van der Waals surface area contributed by atoms with Gasteiger partial charge < -0.3 is 4.74 Å². The summed E-state index contributed by atoms with van der Waals surface area (Å²) in [5.74, 6) is 0.0918. The Morgan fingerprint density at radius 3 is 2.50 bits per heavy atom. The van der Waals surface area contributed by atoms with Gasteiger partial charge in [-0.25, -0.2) is 12.8 Å². The van der Waals surface area contributed by atoms with E-state index >= 15 is 0 Å². The van der Waals surface area contributed by atoms with E-state index in [0.717, 1.165) is 12.1 Å². The van der Waals surface area contributed by atoms with Crippen molar-refractivity contribution in [2.45, 2.75) is 11.8 Å². The van der Waals surface area contributed by atoms with Crippen LogP contribution >= 0.6 is 0 Å². The Balaban J connectivity index is 2.24. The molecule has 2 rings (SSSR count). The second-order valence-corrected chi connectivity index (χ2v) is 5.70. The molecule has 6 heteroatoms. The van der Waals surface area contributed by atoms with Crippen LogP contribution in [0.1, 0.15) is 6.92 Å². The number of hydrogen-bond donors (Lipinski definition) is 1. The molecule has 0 fully saturated rings. The van der Waals surface area contributed by atoms with Crippen molar-refractivity contribution in [1.82, 2.24) is 0 Å². The summed E-state index contributed by atoms with van der Waals surface area (Å²) < 4.78 is 44.7. The number of anilines is 1. The first-order chi connectivity index (χ1) is 9.51. The van der Waals surface area contributed by atoms with Crippen molar-refractivity contribution in [3.63, 3.8) is 0 Å². The molecule has 2 aromatic carbocycles. The summed E-state index contributed by atoms with van der Waals surface area (Å²) in [6.45, 7) is 2.34. The van der Waals surface area contributed by atoms with Crippen molar-refractivity contribution in [3.8, 4) is 5.75 Å². The molecule has 0 atom stereocenters. The van der Waals surface area contributed by atoms with E-state index in [9.17, 15) is 12.8 Å². The van der Waals surface area contributed by atoms with Gasteiger partial charge >= 0.3 is 0 Å². The second-order valence-electron chi connectivity index (χ2n) is 4.02. The minimum atomic E-state index is -3.73. The first-order valence-electron chi connectivity index (χ1n) is 6.02. The Kier molecular flexibility index (Phi) is 4.24. The summed E-state index contributed by atoms with van der Waals surface area (Å²) in [7, 11) is -3.73. The van der Waals surface area contributed by atoms with Crippen molar-refractivity contribution < 1.29 is 17.5 Å². The van der Waals surface area contributed by atoms with E-state index in [-0.39, 0.29) is 4.90 Å². The van der Waals surface area contributed by atoms with Gasteiger partial charge in [0, 0.05) is 6.07 Å². The van der Waals surface area contributed by atoms with Crippen LogP contribution in [0.25, 0.3) is 0 Å². The van der Waals surface area contributed by atoms with Gasteiger partial charge in [0.2, 0.25) is 0 Å². The smallest absolute Gasteiger partial charge is 0.261 e. The van der Waals surface area contributed by atoms with Crippen LogP contribution in [-0.4, -0.2) is 15.0 Å². The number of ether oxygens (including phenoxy) is 1. The van der Waals surface area contributed by atoms with E-state index < -0.39 is 15.8 Å². The fraction of sp³-hybridized carbons (Fsp3) is 0.143. The third-order valence-electron chi connectivity index (χ3n) is 2.52. The highest BCUT2D eigenvalue weighted by Gasteiger charge is 2.14. The first kappa shape index (κ1) is 14.3. The van der Waals surface area contributed by atoms with E-state index in [1.54, 1.807) is 24.3 Å². The number of hydrogen-bond acceptors (Lipinski definition) is 3. The highest BCUT2D eigenvalue weighted by molar-refractivity contribution is 7.92. The van der Waals surface area contributed by atoms with Crippen molar-refractivity contribution in [2.75, 3.05) is 11.3 Å². The molecule has 0 radical (unpaired) electrons. The molecule has 0 aromatic heterocycles. The maximum atomic E-state index is 12.8. The third-order valence-corrected chi connectivity index (χ3v) is 3.92. The van der Waals surface area contributed by atoms with Crippen LogP contribution < -0.4 is 9.46 Å². The maximum Gasteiger partial charge on any atom is 0.261 e. The van der Waals surface area contributed by atoms with Gasteiger partial charge in [-0.05, 0) is 43.3 Å². The number of benzene rings is 2. The van der Waals surface area contributed by atoms with Crippen LogP contribution in [0.2, 0.25) is 0 Å². The maximum absolute atomic E-state index is 12.8. The zero-order valence-electron chi connectivity index (χ0n) is 10.8. The van der Waals surface area contributed by atoms with Crippen LogP contribution in [0.4, 0.5) is 10.1 Å². The molecular formula is C14H14FNO3S. The molecule has 0 bridgehead atoms. The quantitative estimate of drug-likeness (QED) is 0.922. The lowest BCUT2D eigenvalue weighted by Gasteiger charge is -2.09. The molecule has 0 heterocycles. The van der Waals surface area contributed by atoms with Gasteiger partial charge in [-0.2, -0.15) is 0 Å². The van der Waals surface area contributed by atoms with Crippen molar-refractivity contribution in [3.05, 3.63) is 54.3 Å². The van der Waals surface area contributed by atoms with Crippen LogP contribution in [-0.2, 0) is 10.0 Å². The Labute approximate surface area is 117 Å². The predicted molar refractivity (Wildman–Crippen MR) is 74.8 cm³/mol. The molecule has 0 aliphatic carbocycles. The summed E-state index contributed by atoms with van der Waals surface area (Å²) in [6, 6.07) is 11.3. The first-order valence-corrected chi connectivity index (χ1v) is 7.51. The summed E-state index contributed by atoms with van der Waals surface area (Å²) in [5.41, 5.74) is 0.389. The minimum Gasteiger partial charge on any atom is -0.494 e. The van der Waals surface area contributed by atoms with Gasteiger partial charge in [0.15, 0.2) is 0 Å². The van der Waals surface area contributed by atoms with Gasteiger partial charge in [0.1, 0.15) is 11.6 Å². The molecule has 0 saturated heterocycles. The highest BCUT2D eigenvalue weighted by atomic mass is 32.2. The van der Waals surface area contributed by atoms with E-state index in [2.05, 4.69) is 4.72 Å². The number of halogens is 1. The van der Waals surface area contributed by atoms with Crippen LogP contribution in [0.3, 0.4) is 0 Å². The summed E-state index contributed by atoms with van der Waals surface area (Å²) in [4.78, 5) is 0.000660. The standard InChI is InChI=1S/C14H14FNO3S/c1-2-19-13-5-3-4-12(10-13)16-20(17,18)14-8-6-11(15)7-9-14/h3-10,16H,2H2,1H3. The Hall–Kier alpha value is -2.08. The van der Waals surface area contributed by atoms with Gasteiger partial charge in [-0.1, -0.05) is 6.07 Å². The zero-order chi connectivity index (χ0) is 14.6. The topological polar surface area (TPSA) is 55.4 Å². The van der Waals surface area contributed by atoms with E-state index in [4.69, 9.17) is 4.74 Å². The molecule has 0 spiro atoms. The molecule has 0 aliphatic rings. The van der Waals surface area contributed by atoms with Gasteiger partial charge in [0.05, 0.1) is 17.2 Å². The van der Waals surface area contributed by atoms with Crippen molar-refractivity contribution in [1.29, 1.82) is 0 Å². The molecule has 1 N–H and O–H groups in total. The van der Waals surface area contributed by atoms with E-state index in [1.165, 1.54) is 12.1 Å². The van der Waals surface area contributed by atoms with E-state index in [1.807, 2.05) is 6.92 Å². The van der Waals surface area contributed by atoms with Gasteiger partial charge in [0.25, 0.3) is 10.0 Å². The molecule has 20 heavy (non-hydrogen) atoms. The Morgan fingerprint density at radius 1 is 1.15 bits per heavy atom. The molecule has 4 nitrogen and oxygen atoms in total. The van der Waals surface area contributed by atoms with Crippen LogP contribution in [0.15, 0.2) is 53.4 Å². The third kappa shape index (κ3) is 3.48. The monoisotopic (exact) mass is 295 g/mol. The Bertz CT molecular complexity index is 684. The molecule has 106 valence electrons. The molecule has 0 aliphatic heterocycles. The summed E-state index contributed by atoms with van der Waals surface area (Å²) >= 11 is 0. The summed E-state index contributed by atoms with van der Waals surface area (Å²) in [5, 5.41) is 0. The molecule has 0 amide bonds. The molecular weight excluding hydrogens is 281 g/mol. The predicted octanol–water partition coefficient (Wildman–Crippen LogP) is 3.03. The lowest BCUT2D eigenvalue weighted by molar-refractivity contribution is 0.340. The number of nitrogens with one attached hydrogen (secondary N) is 1. The normalized spacial score (nSPS) is 11.1. The lowest BCUT2D eigenvalue weighted by Crippen LogP contribution is -2.12. The fourth-order valence-corrected chi connectivity index (χ4v) is 2.69. The van der Waals surface area contributed by atoms with Crippen LogP contribution in [0, 0.1) is 5.82 Å². The average molecular weight is 295 g/mol. The largest absolute Gasteiger partial charge is 0.494 e. The zero-order valence-corrected chi connectivity index (χ0v) is 11.7. The Morgan fingerprint density at radius 2 is 1.85 bits per heavy atom. The van der Waals surface area contributed by atoms with Crippen LogP contribution in [0.5, 0.6) is 5.75 Å². The highest BCUT2D eigenvalue weighted by Crippen LogP contribution is 2.21. The number of rotatable bonds is 5. The second kappa shape index (κ2) is 5.92. The van der Waals surface area contributed by atoms with Gasteiger partial charge in [-0.3, -0.25) is 4.72 Å². The number of sulfonamides is 1. The average Bonchev–Trinajstić information content (AvgIpc) is 2.39. The van der Waals surface area contributed by atoms with E-state index in [0.29, 0.717) is 18.0 Å². The molecule has 0 saturated carbocycles. The SMILES string of the molecule is CCOc1cccc(NS(=O)(=O)c2ccc(F)cc2)c1. The van der Waals surface area contributed by atoms with Crippen molar-refractivity contribution >= 4 is 15.7 Å². The minimum absolute atomic E-state index is 0.000660. The van der Waals surface area contributed by atoms with Crippen molar-refractivity contribution in [2.24, 2.45) is 0 Å². The van der Waals surface area contributed by atoms with Gasteiger partial charge in [-0.15, -0.1) is 0 Å². The summed E-state index contributed by atoms with van der Waals surface area (Å²) in [6.07, 6.45) is 0. The fourth-order valence-electron chi connectivity index (χ4n) is 1.64.